The first-order chi connectivity index (χ1) is 10.7. The molecule has 0 bridgehead atoms. The summed E-state index contributed by atoms with van der Waals surface area (Å²) >= 11 is 12.0. The minimum atomic E-state index is -0.490. The highest BCUT2D eigenvalue weighted by Gasteiger charge is 2.15. The highest BCUT2D eigenvalue weighted by molar-refractivity contribution is 6.37. The smallest absolute Gasteiger partial charge is 0.137 e. The maximum absolute atomic E-state index is 6.01. The van der Waals surface area contributed by atoms with E-state index in [-0.39, 0.29) is 0 Å². The fourth-order valence-corrected chi connectivity index (χ4v) is 4.74. The predicted octanol–water partition coefficient (Wildman–Crippen LogP) is 3.50. The molecule has 0 N–H and O–H groups in total. The van der Waals surface area contributed by atoms with Crippen molar-refractivity contribution in [1.29, 1.82) is 0 Å². The van der Waals surface area contributed by atoms with Gasteiger partial charge in [0.05, 0.1) is 9.52 Å². The predicted molar refractivity (Wildman–Crippen MR) is 93.3 cm³/mol. The topological polar surface area (TPSA) is 30.7 Å². The molecule has 0 atom stereocenters. The first kappa shape index (κ1) is 15.3. The number of aromatic nitrogens is 3. The maximum atomic E-state index is 6.01. The van der Waals surface area contributed by atoms with Crippen LogP contribution in [0.1, 0.15) is 16.7 Å². The van der Waals surface area contributed by atoms with Crippen molar-refractivity contribution in [3.05, 3.63) is 82.4 Å². The third-order valence-corrected chi connectivity index (χ3v) is 6.40. The number of nitrogens with zero attached hydrogens (tertiary/aromatic N) is 3. The first-order valence-corrected chi connectivity index (χ1v) is 9.63. The highest BCUT2D eigenvalue weighted by atomic mass is 35.5. The quantitative estimate of drug-likeness (QED) is 0.661. The number of hydrogen-bond acceptors (Lipinski definition) is 2. The van der Waals surface area contributed by atoms with Crippen LogP contribution in [0.4, 0.5) is 0 Å². The Morgan fingerprint density at radius 3 is 1.91 bits per heavy atom. The third kappa shape index (κ3) is 3.77. The van der Waals surface area contributed by atoms with Gasteiger partial charge in [0.2, 0.25) is 0 Å². The van der Waals surface area contributed by atoms with E-state index in [4.69, 9.17) is 23.2 Å². The molecule has 1 heterocycles. The van der Waals surface area contributed by atoms with Crippen LogP contribution < -0.4 is 0 Å². The highest BCUT2D eigenvalue weighted by Crippen LogP contribution is 2.26. The molecular formula is C16H15Cl2N3Si. The van der Waals surface area contributed by atoms with E-state index in [2.05, 4.69) is 34.3 Å². The molecule has 2 aromatic carbocycles. The van der Waals surface area contributed by atoms with Crippen LogP contribution in [-0.4, -0.2) is 24.3 Å². The lowest BCUT2D eigenvalue weighted by molar-refractivity contribution is 0.730. The first-order valence-electron chi connectivity index (χ1n) is 7.06. The summed E-state index contributed by atoms with van der Waals surface area (Å²) in [5.74, 6) is 0. The van der Waals surface area contributed by atoms with Crippen molar-refractivity contribution in [2.24, 2.45) is 0 Å². The Bertz CT molecular complexity index is 667. The molecule has 0 radical (unpaired) electrons. The summed E-state index contributed by atoms with van der Waals surface area (Å²) in [5.41, 5.74) is 2.98. The Balaban J connectivity index is 1.87. The minimum absolute atomic E-state index is 0.402. The molecule has 112 valence electrons. The molecule has 3 rings (SSSR count). The van der Waals surface area contributed by atoms with Crippen molar-refractivity contribution in [3.8, 4) is 0 Å². The molecule has 0 aliphatic heterocycles. The Kier molecular flexibility index (Phi) is 4.93. The zero-order valence-electron chi connectivity index (χ0n) is 11.9. The Labute approximate surface area is 141 Å². The van der Waals surface area contributed by atoms with Crippen LogP contribution >= 0.6 is 23.2 Å². The molecule has 3 aromatic rings. The SMILES string of the molecule is Clc1ccc(C([SiH2]Cn2cncn2)c2ccc(Cl)cc2)cc1. The molecule has 0 aliphatic carbocycles. The van der Waals surface area contributed by atoms with Crippen LogP contribution in [0.25, 0.3) is 0 Å². The van der Waals surface area contributed by atoms with Gasteiger partial charge in [0.25, 0.3) is 0 Å². The average Bonchev–Trinajstić information content (AvgIpc) is 3.04. The monoisotopic (exact) mass is 347 g/mol. The maximum Gasteiger partial charge on any atom is 0.137 e. The molecule has 0 fully saturated rings. The van der Waals surface area contributed by atoms with Gasteiger partial charge in [-0.25, -0.2) is 4.98 Å². The molecule has 0 aliphatic rings. The van der Waals surface area contributed by atoms with Crippen molar-refractivity contribution < 1.29 is 0 Å². The summed E-state index contributed by atoms with van der Waals surface area (Å²) in [6.45, 7) is 0. The van der Waals surface area contributed by atoms with E-state index >= 15 is 0 Å². The molecule has 0 spiro atoms. The standard InChI is InChI=1S/C16H15Cl2N3Si/c17-14-5-1-12(2-6-14)16(13-3-7-15(18)8-4-13)22-11-21-10-19-9-20-21/h1-10,16H,11,22H2. The minimum Gasteiger partial charge on any atom is -0.257 e. The van der Waals surface area contributed by atoms with Gasteiger partial charge < -0.3 is 0 Å². The van der Waals surface area contributed by atoms with Gasteiger partial charge in [-0.1, -0.05) is 47.5 Å². The lowest BCUT2D eigenvalue weighted by Crippen LogP contribution is -2.16. The van der Waals surface area contributed by atoms with E-state index in [1.54, 1.807) is 12.7 Å². The second-order valence-corrected chi connectivity index (χ2v) is 7.82. The lowest BCUT2D eigenvalue weighted by atomic mass is 10.0. The van der Waals surface area contributed by atoms with Gasteiger partial charge in [-0.3, -0.25) is 4.68 Å². The fraction of sp³-hybridized carbons (Fsp3) is 0.125. The van der Waals surface area contributed by atoms with Gasteiger partial charge in [-0.05, 0) is 40.9 Å². The zero-order valence-corrected chi connectivity index (χ0v) is 14.8. The van der Waals surface area contributed by atoms with Gasteiger partial charge >= 0.3 is 0 Å². The molecule has 0 saturated heterocycles. The number of halogens is 2. The summed E-state index contributed by atoms with van der Waals surface area (Å²) in [7, 11) is -0.490. The summed E-state index contributed by atoms with van der Waals surface area (Å²) in [4.78, 5) is 4.01. The molecular weight excluding hydrogens is 333 g/mol. The summed E-state index contributed by atoms with van der Waals surface area (Å²) in [6.07, 6.45) is 4.29. The second-order valence-electron chi connectivity index (χ2n) is 5.10. The second kappa shape index (κ2) is 7.09. The van der Waals surface area contributed by atoms with Gasteiger partial charge in [0, 0.05) is 16.2 Å². The summed E-state index contributed by atoms with van der Waals surface area (Å²) in [5, 5.41) is 5.72. The summed E-state index contributed by atoms with van der Waals surface area (Å²) in [6, 6.07) is 16.2. The van der Waals surface area contributed by atoms with Crippen LogP contribution in [0.5, 0.6) is 0 Å². The van der Waals surface area contributed by atoms with E-state index in [9.17, 15) is 0 Å². The van der Waals surface area contributed by atoms with Gasteiger partial charge in [-0.15, -0.1) is 0 Å². The Morgan fingerprint density at radius 2 is 1.45 bits per heavy atom. The molecule has 22 heavy (non-hydrogen) atoms. The van der Waals surface area contributed by atoms with E-state index in [1.807, 2.05) is 28.9 Å². The molecule has 3 nitrogen and oxygen atoms in total. The number of benzene rings is 2. The number of rotatable bonds is 5. The zero-order chi connectivity index (χ0) is 15.4. The molecule has 0 saturated carbocycles. The van der Waals surface area contributed by atoms with E-state index in [0.29, 0.717) is 5.54 Å². The lowest BCUT2D eigenvalue weighted by Gasteiger charge is -2.18. The van der Waals surface area contributed by atoms with Crippen molar-refractivity contribution in [1.82, 2.24) is 14.8 Å². The molecule has 6 heteroatoms. The van der Waals surface area contributed by atoms with Gasteiger partial charge in [-0.2, -0.15) is 5.10 Å². The van der Waals surface area contributed by atoms with E-state index in [0.717, 1.165) is 16.2 Å². The fourth-order valence-electron chi connectivity index (χ4n) is 2.53. The Morgan fingerprint density at radius 1 is 0.909 bits per heavy atom. The van der Waals surface area contributed by atoms with Crippen LogP contribution in [0.3, 0.4) is 0 Å². The largest absolute Gasteiger partial charge is 0.257 e. The average molecular weight is 348 g/mol. The molecule has 0 unspecified atom stereocenters. The van der Waals surface area contributed by atoms with Crippen LogP contribution in [0, 0.1) is 0 Å². The van der Waals surface area contributed by atoms with E-state index < -0.39 is 9.52 Å². The molecule has 1 aromatic heterocycles. The van der Waals surface area contributed by atoms with Crippen molar-refractivity contribution >= 4 is 32.7 Å². The normalized spacial score (nSPS) is 11.6. The van der Waals surface area contributed by atoms with Crippen molar-refractivity contribution in [2.75, 3.05) is 0 Å². The van der Waals surface area contributed by atoms with Gasteiger partial charge in [0.1, 0.15) is 12.7 Å². The van der Waals surface area contributed by atoms with Gasteiger partial charge in [0.15, 0.2) is 0 Å². The van der Waals surface area contributed by atoms with Crippen molar-refractivity contribution in [2.45, 2.75) is 11.7 Å². The Hall–Kier alpha value is -1.62. The van der Waals surface area contributed by atoms with Crippen LogP contribution in [0.2, 0.25) is 10.0 Å². The summed E-state index contributed by atoms with van der Waals surface area (Å²) < 4.78 is 1.91. The van der Waals surface area contributed by atoms with Crippen molar-refractivity contribution in [3.63, 3.8) is 0 Å². The molecule has 0 amide bonds. The van der Waals surface area contributed by atoms with Crippen LogP contribution in [-0.2, 0) is 6.17 Å². The third-order valence-electron chi connectivity index (χ3n) is 3.66. The number of hydrogen-bond donors (Lipinski definition) is 0. The van der Waals surface area contributed by atoms with E-state index in [1.165, 1.54) is 11.1 Å². The van der Waals surface area contributed by atoms with Crippen LogP contribution in [0.15, 0.2) is 61.2 Å².